The van der Waals surface area contributed by atoms with Crippen molar-refractivity contribution in [3.63, 3.8) is 0 Å². The molecule has 0 saturated carbocycles. The lowest BCUT2D eigenvalue weighted by molar-refractivity contribution is -0.126. The van der Waals surface area contributed by atoms with Gasteiger partial charge in [-0.3, -0.25) is 14.5 Å². The smallest absolute Gasteiger partial charge is 0.338 e. The molecule has 0 fully saturated rings. The third kappa shape index (κ3) is 3.59. The second-order valence-corrected chi connectivity index (χ2v) is 5.05. The fraction of sp³-hybridized carbons (Fsp3) is 0.400. The Labute approximate surface area is 123 Å². The molecule has 0 aliphatic rings. The van der Waals surface area contributed by atoms with Gasteiger partial charge < -0.3 is 10.5 Å². The van der Waals surface area contributed by atoms with Gasteiger partial charge in [-0.1, -0.05) is 0 Å². The normalized spacial score (nSPS) is 10.9. The van der Waals surface area contributed by atoms with Crippen molar-refractivity contribution in [3.8, 4) is 0 Å². The van der Waals surface area contributed by atoms with E-state index in [4.69, 9.17) is 10.5 Å². The minimum Gasteiger partial charge on any atom is -0.462 e. The van der Waals surface area contributed by atoms with Gasteiger partial charge in [0.2, 0.25) is 11.8 Å². The molecule has 0 radical (unpaired) electrons. The van der Waals surface area contributed by atoms with E-state index in [9.17, 15) is 14.4 Å². The Morgan fingerprint density at radius 1 is 1.19 bits per heavy atom. The summed E-state index contributed by atoms with van der Waals surface area (Å²) in [4.78, 5) is 36.3. The fourth-order valence-corrected chi connectivity index (χ4v) is 1.97. The lowest BCUT2D eigenvalue weighted by Gasteiger charge is -2.35. The molecule has 6 heteroatoms. The van der Waals surface area contributed by atoms with Crippen LogP contribution in [0.15, 0.2) is 24.3 Å². The van der Waals surface area contributed by atoms with Gasteiger partial charge in [0.1, 0.15) is 5.54 Å². The van der Waals surface area contributed by atoms with E-state index in [2.05, 4.69) is 0 Å². The van der Waals surface area contributed by atoms with Gasteiger partial charge in [-0.05, 0) is 45.0 Å². The number of benzene rings is 1. The van der Waals surface area contributed by atoms with Crippen molar-refractivity contribution in [2.75, 3.05) is 11.5 Å². The molecule has 1 rings (SSSR count). The van der Waals surface area contributed by atoms with Gasteiger partial charge in [0.25, 0.3) is 0 Å². The van der Waals surface area contributed by atoms with Gasteiger partial charge in [-0.2, -0.15) is 0 Å². The number of amides is 2. The van der Waals surface area contributed by atoms with E-state index in [1.165, 1.54) is 11.8 Å². The summed E-state index contributed by atoms with van der Waals surface area (Å²) in [6.07, 6.45) is 0. The van der Waals surface area contributed by atoms with Gasteiger partial charge in [-0.15, -0.1) is 0 Å². The van der Waals surface area contributed by atoms with Gasteiger partial charge in [0.15, 0.2) is 0 Å². The molecule has 0 bridgehead atoms. The first-order chi connectivity index (χ1) is 9.71. The maximum absolute atomic E-state index is 11.8. The quantitative estimate of drug-likeness (QED) is 0.832. The number of hydrogen-bond donors (Lipinski definition) is 1. The number of primary amides is 1. The van der Waals surface area contributed by atoms with Crippen molar-refractivity contribution in [1.82, 2.24) is 0 Å². The molecule has 0 aliphatic heterocycles. The van der Waals surface area contributed by atoms with Crippen LogP contribution in [0, 0.1) is 0 Å². The number of hydrogen-bond acceptors (Lipinski definition) is 4. The Hall–Kier alpha value is -2.37. The van der Waals surface area contributed by atoms with Crippen LogP contribution in [0.3, 0.4) is 0 Å². The molecule has 0 saturated heterocycles. The van der Waals surface area contributed by atoms with Crippen molar-refractivity contribution < 1.29 is 19.1 Å². The molecule has 0 spiro atoms. The van der Waals surface area contributed by atoms with Crippen LogP contribution in [-0.4, -0.2) is 29.9 Å². The second-order valence-electron chi connectivity index (χ2n) is 5.05. The monoisotopic (exact) mass is 292 g/mol. The summed E-state index contributed by atoms with van der Waals surface area (Å²) in [7, 11) is 0. The maximum Gasteiger partial charge on any atom is 0.338 e. The van der Waals surface area contributed by atoms with E-state index in [-0.39, 0.29) is 12.5 Å². The van der Waals surface area contributed by atoms with E-state index in [0.29, 0.717) is 11.3 Å². The van der Waals surface area contributed by atoms with Gasteiger partial charge in [0, 0.05) is 12.6 Å². The molecular weight excluding hydrogens is 272 g/mol. The summed E-state index contributed by atoms with van der Waals surface area (Å²) in [5, 5.41) is 0. The van der Waals surface area contributed by atoms with Crippen molar-refractivity contribution in [1.29, 1.82) is 0 Å². The third-order valence-electron chi connectivity index (χ3n) is 3.11. The van der Waals surface area contributed by atoms with Crippen molar-refractivity contribution >= 4 is 23.5 Å². The zero-order chi connectivity index (χ0) is 16.2. The number of carbonyl (C=O) groups is 3. The molecule has 0 unspecified atom stereocenters. The fourth-order valence-electron chi connectivity index (χ4n) is 1.97. The highest BCUT2D eigenvalue weighted by Gasteiger charge is 2.35. The molecule has 1 aromatic rings. The molecule has 2 amide bonds. The summed E-state index contributed by atoms with van der Waals surface area (Å²) in [6.45, 7) is 6.49. The van der Waals surface area contributed by atoms with Crippen LogP contribution in [0.1, 0.15) is 38.1 Å². The van der Waals surface area contributed by atoms with E-state index in [1.54, 1.807) is 45.0 Å². The standard InChI is InChI=1S/C15H20N2O4/c1-5-21-13(19)11-6-8-12(9-7-11)17(10(2)18)15(3,4)14(16)20/h6-9H,5H2,1-4H3,(H2,16,20). The highest BCUT2D eigenvalue weighted by molar-refractivity contribution is 6.02. The van der Waals surface area contributed by atoms with Crippen LogP contribution in [0.4, 0.5) is 5.69 Å². The summed E-state index contributed by atoms with van der Waals surface area (Å²) in [6, 6.07) is 6.25. The topological polar surface area (TPSA) is 89.7 Å². The predicted molar refractivity (Wildman–Crippen MR) is 78.8 cm³/mol. The first-order valence-electron chi connectivity index (χ1n) is 6.59. The van der Waals surface area contributed by atoms with Crippen LogP contribution >= 0.6 is 0 Å². The Balaban J connectivity index is 3.15. The SMILES string of the molecule is CCOC(=O)c1ccc(N(C(C)=O)C(C)(C)C(N)=O)cc1. The second kappa shape index (κ2) is 6.39. The lowest BCUT2D eigenvalue weighted by atomic mass is 10.0. The van der Waals surface area contributed by atoms with Crippen LogP contribution < -0.4 is 10.6 Å². The van der Waals surface area contributed by atoms with Crippen LogP contribution in [-0.2, 0) is 14.3 Å². The molecule has 1 aromatic carbocycles. The van der Waals surface area contributed by atoms with Crippen molar-refractivity contribution in [2.45, 2.75) is 33.2 Å². The third-order valence-corrected chi connectivity index (χ3v) is 3.11. The molecule has 21 heavy (non-hydrogen) atoms. The number of nitrogens with zero attached hydrogens (tertiary/aromatic N) is 1. The molecule has 0 aliphatic carbocycles. The molecule has 0 heterocycles. The maximum atomic E-state index is 11.8. The average molecular weight is 292 g/mol. The zero-order valence-electron chi connectivity index (χ0n) is 12.7. The number of anilines is 1. The minimum atomic E-state index is -1.17. The molecular formula is C15H20N2O4. The Kier molecular flexibility index (Phi) is 5.07. The highest BCUT2D eigenvalue weighted by atomic mass is 16.5. The van der Waals surface area contributed by atoms with Crippen LogP contribution in [0.25, 0.3) is 0 Å². The Bertz CT molecular complexity index is 549. The van der Waals surface area contributed by atoms with Gasteiger partial charge in [0.05, 0.1) is 12.2 Å². The van der Waals surface area contributed by atoms with E-state index >= 15 is 0 Å². The van der Waals surface area contributed by atoms with Crippen LogP contribution in [0.2, 0.25) is 0 Å². The number of rotatable bonds is 5. The number of esters is 1. The summed E-state index contributed by atoms with van der Waals surface area (Å²) in [5.41, 5.74) is 5.05. The van der Waals surface area contributed by atoms with Gasteiger partial charge >= 0.3 is 5.97 Å². The molecule has 0 atom stereocenters. The van der Waals surface area contributed by atoms with Crippen LogP contribution in [0.5, 0.6) is 0 Å². The Morgan fingerprint density at radius 2 is 1.71 bits per heavy atom. The summed E-state index contributed by atoms with van der Waals surface area (Å²) >= 11 is 0. The molecule has 0 aromatic heterocycles. The van der Waals surface area contributed by atoms with E-state index in [1.807, 2.05) is 0 Å². The summed E-state index contributed by atoms with van der Waals surface area (Å²) < 4.78 is 4.89. The van der Waals surface area contributed by atoms with Crippen molar-refractivity contribution in [3.05, 3.63) is 29.8 Å². The first-order valence-corrected chi connectivity index (χ1v) is 6.59. The molecule has 114 valence electrons. The number of nitrogens with two attached hydrogens (primary N) is 1. The molecule has 2 N–H and O–H groups in total. The first kappa shape index (κ1) is 16.7. The largest absolute Gasteiger partial charge is 0.462 e. The average Bonchev–Trinajstić information content (AvgIpc) is 2.39. The highest BCUT2D eigenvalue weighted by Crippen LogP contribution is 2.25. The van der Waals surface area contributed by atoms with Gasteiger partial charge in [-0.25, -0.2) is 4.79 Å². The summed E-state index contributed by atoms with van der Waals surface area (Å²) in [5.74, 6) is -1.37. The Morgan fingerprint density at radius 3 is 2.10 bits per heavy atom. The van der Waals surface area contributed by atoms with E-state index < -0.39 is 17.4 Å². The number of carbonyl (C=O) groups excluding carboxylic acids is 3. The number of ether oxygens (including phenoxy) is 1. The lowest BCUT2D eigenvalue weighted by Crippen LogP contribution is -2.55. The van der Waals surface area contributed by atoms with E-state index in [0.717, 1.165) is 0 Å². The predicted octanol–water partition coefficient (Wildman–Crippen LogP) is 1.48. The zero-order valence-corrected chi connectivity index (χ0v) is 12.7. The minimum absolute atomic E-state index is 0.287. The molecule has 6 nitrogen and oxygen atoms in total. The van der Waals surface area contributed by atoms with Crippen molar-refractivity contribution in [2.24, 2.45) is 5.73 Å².